The van der Waals surface area contributed by atoms with Crippen LogP contribution in [0.3, 0.4) is 0 Å². The molecule has 1 atom stereocenters. The van der Waals surface area contributed by atoms with Crippen LogP contribution in [0.25, 0.3) is 0 Å². The largest absolute Gasteiger partial charge is 0.344 e. The molecule has 0 aliphatic heterocycles. The molecule has 7 nitrogen and oxygen atoms in total. The SMILES string of the molecule is CC(C)CC(NC(=O)CCC(=O)c1ccc2c(c1)CCCC2)C(=O)Nc1ccn[nH]1. The topological polar surface area (TPSA) is 104 Å². The van der Waals surface area contributed by atoms with Gasteiger partial charge in [0.25, 0.3) is 0 Å². The van der Waals surface area contributed by atoms with Gasteiger partial charge in [-0.25, -0.2) is 0 Å². The molecule has 1 aromatic carbocycles. The van der Waals surface area contributed by atoms with Crippen molar-refractivity contribution in [2.45, 2.75) is 64.8 Å². The van der Waals surface area contributed by atoms with E-state index in [1.807, 2.05) is 32.0 Å². The summed E-state index contributed by atoms with van der Waals surface area (Å²) >= 11 is 0. The Morgan fingerprint density at radius 1 is 1.07 bits per heavy atom. The highest BCUT2D eigenvalue weighted by Crippen LogP contribution is 2.23. The summed E-state index contributed by atoms with van der Waals surface area (Å²) in [6.07, 6.45) is 6.67. The first-order valence-corrected chi connectivity index (χ1v) is 10.7. The molecular weight excluding hydrogens is 380 g/mol. The van der Waals surface area contributed by atoms with Crippen molar-refractivity contribution >= 4 is 23.4 Å². The number of aromatic nitrogens is 2. The Hall–Kier alpha value is -2.96. The molecule has 3 N–H and O–H groups in total. The van der Waals surface area contributed by atoms with Gasteiger partial charge in [-0.3, -0.25) is 19.5 Å². The van der Waals surface area contributed by atoms with Crippen molar-refractivity contribution in [3.8, 4) is 0 Å². The van der Waals surface area contributed by atoms with Gasteiger partial charge < -0.3 is 10.6 Å². The van der Waals surface area contributed by atoms with E-state index >= 15 is 0 Å². The lowest BCUT2D eigenvalue weighted by molar-refractivity contribution is -0.126. The Labute approximate surface area is 177 Å². The number of aromatic amines is 1. The normalized spacial score (nSPS) is 14.1. The van der Waals surface area contributed by atoms with Gasteiger partial charge in [0.1, 0.15) is 11.9 Å². The third-order valence-electron chi connectivity index (χ3n) is 5.37. The number of carbonyl (C=O) groups is 3. The summed E-state index contributed by atoms with van der Waals surface area (Å²) in [5, 5.41) is 12.0. The van der Waals surface area contributed by atoms with Crippen molar-refractivity contribution in [3.63, 3.8) is 0 Å². The van der Waals surface area contributed by atoms with Crippen LogP contribution in [-0.2, 0) is 22.4 Å². The molecule has 30 heavy (non-hydrogen) atoms. The molecule has 3 rings (SSSR count). The number of hydrogen-bond donors (Lipinski definition) is 3. The second-order valence-electron chi connectivity index (χ2n) is 8.32. The number of anilines is 1. The van der Waals surface area contributed by atoms with Gasteiger partial charge in [-0.1, -0.05) is 26.0 Å². The van der Waals surface area contributed by atoms with Crippen LogP contribution in [0.2, 0.25) is 0 Å². The maximum Gasteiger partial charge on any atom is 0.248 e. The molecule has 0 bridgehead atoms. The van der Waals surface area contributed by atoms with Crippen LogP contribution in [0.1, 0.15) is 67.4 Å². The first kappa shape index (κ1) is 21.7. The molecule has 0 radical (unpaired) electrons. The zero-order valence-corrected chi connectivity index (χ0v) is 17.7. The Bertz CT molecular complexity index is 890. The molecule has 1 aromatic heterocycles. The highest BCUT2D eigenvalue weighted by atomic mass is 16.2. The maximum atomic E-state index is 12.6. The van der Waals surface area contributed by atoms with E-state index in [0.29, 0.717) is 17.8 Å². The number of carbonyl (C=O) groups excluding carboxylic acids is 3. The third-order valence-corrected chi connectivity index (χ3v) is 5.37. The lowest BCUT2D eigenvalue weighted by Crippen LogP contribution is -2.44. The van der Waals surface area contributed by atoms with Crippen LogP contribution in [0.15, 0.2) is 30.5 Å². The highest BCUT2D eigenvalue weighted by Gasteiger charge is 2.23. The fourth-order valence-electron chi connectivity index (χ4n) is 3.79. The van der Waals surface area contributed by atoms with Gasteiger partial charge in [0.2, 0.25) is 11.8 Å². The molecule has 160 valence electrons. The number of nitrogens with zero attached hydrogens (tertiary/aromatic N) is 1. The summed E-state index contributed by atoms with van der Waals surface area (Å²) in [4.78, 5) is 37.6. The standard InChI is InChI=1S/C23H30N4O3/c1-15(2)13-19(23(30)26-21-11-12-24-27-21)25-22(29)10-9-20(28)18-8-7-16-5-3-4-6-17(16)14-18/h7-8,11-12,14-15,19H,3-6,9-10,13H2,1-2H3,(H,25,29)(H2,24,26,27,30). The molecule has 1 aliphatic carbocycles. The molecule has 1 unspecified atom stereocenters. The van der Waals surface area contributed by atoms with Gasteiger partial charge in [-0.15, -0.1) is 0 Å². The van der Waals surface area contributed by atoms with Gasteiger partial charge in [-0.05, 0) is 55.2 Å². The molecule has 1 aliphatic rings. The lowest BCUT2D eigenvalue weighted by Gasteiger charge is -2.20. The molecule has 0 fully saturated rings. The van der Waals surface area contributed by atoms with E-state index in [1.165, 1.54) is 23.7 Å². The average Bonchev–Trinajstić information content (AvgIpc) is 3.23. The Balaban J connectivity index is 1.54. The van der Waals surface area contributed by atoms with E-state index in [4.69, 9.17) is 0 Å². The number of H-pyrrole nitrogens is 1. The predicted molar refractivity (Wildman–Crippen MR) is 115 cm³/mol. The van der Waals surface area contributed by atoms with Crippen molar-refractivity contribution in [3.05, 3.63) is 47.2 Å². The van der Waals surface area contributed by atoms with Crippen LogP contribution in [-0.4, -0.2) is 33.8 Å². The molecule has 2 amide bonds. The summed E-state index contributed by atoms with van der Waals surface area (Å²) < 4.78 is 0. The minimum absolute atomic E-state index is 0.0409. The number of rotatable bonds is 9. The highest BCUT2D eigenvalue weighted by molar-refractivity contribution is 5.99. The van der Waals surface area contributed by atoms with Gasteiger partial charge in [0.05, 0.1) is 6.20 Å². The van der Waals surface area contributed by atoms with E-state index in [9.17, 15) is 14.4 Å². The molecule has 0 saturated heterocycles. The molecule has 7 heteroatoms. The van der Waals surface area contributed by atoms with Crippen LogP contribution >= 0.6 is 0 Å². The quantitative estimate of drug-likeness (QED) is 0.551. The molecule has 0 saturated carbocycles. The maximum absolute atomic E-state index is 12.6. The van der Waals surface area contributed by atoms with Gasteiger partial charge in [0.15, 0.2) is 5.78 Å². The summed E-state index contributed by atoms with van der Waals surface area (Å²) in [6, 6.07) is 6.86. The summed E-state index contributed by atoms with van der Waals surface area (Å²) in [6.45, 7) is 3.98. The van der Waals surface area contributed by atoms with E-state index in [2.05, 4.69) is 20.8 Å². The Kier molecular flexibility index (Phi) is 7.38. The van der Waals surface area contributed by atoms with Crippen LogP contribution in [0.5, 0.6) is 0 Å². The number of ketones is 1. The zero-order chi connectivity index (χ0) is 21.5. The Morgan fingerprint density at radius 3 is 2.53 bits per heavy atom. The number of amides is 2. The predicted octanol–water partition coefficient (Wildman–Crippen LogP) is 3.42. The average molecular weight is 411 g/mol. The molecule has 2 aromatic rings. The first-order chi connectivity index (χ1) is 14.4. The number of hydrogen-bond acceptors (Lipinski definition) is 4. The lowest BCUT2D eigenvalue weighted by atomic mass is 9.89. The second kappa shape index (κ2) is 10.2. The van der Waals surface area contributed by atoms with Crippen molar-refractivity contribution in [1.82, 2.24) is 15.5 Å². The first-order valence-electron chi connectivity index (χ1n) is 10.7. The minimum Gasteiger partial charge on any atom is -0.344 e. The molecular formula is C23H30N4O3. The van der Waals surface area contributed by atoms with Gasteiger partial charge in [-0.2, -0.15) is 5.10 Å². The molecule has 0 spiro atoms. The third kappa shape index (κ3) is 6.02. The van der Waals surface area contributed by atoms with E-state index < -0.39 is 6.04 Å². The number of fused-ring (bicyclic) bond motifs is 1. The van der Waals surface area contributed by atoms with Crippen LogP contribution in [0.4, 0.5) is 5.82 Å². The van der Waals surface area contributed by atoms with Gasteiger partial charge in [0, 0.05) is 24.5 Å². The van der Waals surface area contributed by atoms with Crippen molar-refractivity contribution < 1.29 is 14.4 Å². The van der Waals surface area contributed by atoms with Gasteiger partial charge >= 0.3 is 0 Å². The minimum atomic E-state index is -0.667. The second-order valence-corrected chi connectivity index (χ2v) is 8.32. The van der Waals surface area contributed by atoms with Crippen molar-refractivity contribution in [2.75, 3.05) is 5.32 Å². The number of nitrogens with one attached hydrogen (secondary N) is 3. The zero-order valence-electron chi connectivity index (χ0n) is 17.7. The molecule has 1 heterocycles. The fourth-order valence-corrected chi connectivity index (χ4v) is 3.79. The smallest absolute Gasteiger partial charge is 0.248 e. The van der Waals surface area contributed by atoms with E-state index in [-0.39, 0.29) is 36.4 Å². The summed E-state index contributed by atoms with van der Waals surface area (Å²) in [5.74, 6) is 0.0559. The number of benzene rings is 1. The summed E-state index contributed by atoms with van der Waals surface area (Å²) in [7, 11) is 0. The van der Waals surface area contributed by atoms with E-state index in [1.54, 1.807) is 6.07 Å². The van der Waals surface area contributed by atoms with Crippen LogP contribution < -0.4 is 10.6 Å². The van der Waals surface area contributed by atoms with Crippen LogP contribution in [0, 0.1) is 5.92 Å². The number of aryl methyl sites for hydroxylation is 2. The summed E-state index contributed by atoms with van der Waals surface area (Å²) in [5.41, 5.74) is 3.25. The fraction of sp³-hybridized carbons (Fsp3) is 0.478. The number of Topliss-reactive ketones (excluding diaryl/α,β-unsaturated/α-hetero) is 1. The monoisotopic (exact) mass is 410 g/mol. The van der Waals surface area contributed by atoms with E-state index in [0.717, 1.165) is 19.3 Å². The Morgan fingerprint density at radius 2 is 1.83 bits per heavy atom. The van der Waals surface area contributed by atoms with Crippen molar-refractivity contribution in [2.24, 2.45) is 5.92 Å². The van der Waals surface area contributed by atoms with Crippen molar-refractivity contribution in [1.29, 1.82) is 0 Å².